The first kappa shape index (κ1) is 20.9. The quantitative estimate of drug-likeness (QED) is 0.502. The summed E-state index contributed by atoms with van der Waals surface area (Å²) in [5.74, 6) is -0.266. The number of amides is 3. The lowest BCUT2D eigenvalue weighted by atomic mass is 9.63. The first-order chi connectivity index (χ1) is 15.9. The van der Waals surface area contributed by atoms with E-state index in [2.05, 4.69) is 17.5 Å². The molecule has 0 spiro atoms. The number of imide groups is 1. The fourth-order valence-electron chi connectivity index (χ4n) is 6.23. The van der Waals surface area contributed by atoms with E-state index in [1.54, 1.807) is 18.2 Å². The maximum absolute atomic E-state index is 13.6. The van der Waals surface area contributed by atoms with Crippen LogP contribution >= 0.6 is 23.2 Å². The molecule has 5 nitrogen and oxygen atoms in total. The number of benzene rings is 2. The Morgan fingerprint density at radius 1 is 0.939 bits per heavy atom. The smallest absolute Gasteiger partial charge is 0.248 e. The molecular formula is C26H22Cl2N2O3. The summed E-state index contributed by atoms with van der Waals surface area (Å²) >= 11 is 12.1. The Labute approximate surface area is 201 Å². The highest BCUT2D eigenvalue weighted by molar-refractivity contribution is 6.42. The van der Waals surface area contributed by atoms with Crippen molar-refractivity contribution in [3.05, 3.63) is 76.3 Å². The summed E-state index contributed by atoms with van der Waals surface area (Å²) in [6.45, 7) is 0. The van der Waals surface area contributed by atoms with Crippen molar-refractivity contribution in [2.75, 3.05) is 5.32 Å². The molecule has 7 heteroatoms. The van der Waals surface area contributed by atoms with Crippen LogP contribution in [0.3, 0.4) is 0 Å². The van der Waals surface area contributed by atoms with E-state index in [-0.39, 0.29) is 41.9 Å². The Bertz CT molecular complexity index is 1160. The molecule has 1 heterocycles. The van der Waals surface area contributed by atoms with Crippen LogP contribution in [0.4, 0.5) is 5.69 Å². The van der Waals surface area contributed by atoms with E-state index >= 15 is 0 Å². The molecule has 4 aliphatic carbocycles. The third-order valence-electron chi connectivity index (χ3n) is 7.77. The second kappa shape index (κ2) is 7.71. The average molecular weight is 481 g/mol. The van der Waals surface area contributed by atoms with Crippen molar-refractivity contribution in [2.24, 2.45) is 35.5 Å². The predicted molar refractivity (Wildman–Crippen MR) is 126 cm³/mol. The summed E-state index contributed by atoms with van der Waals surface area (Å²) in [5, 5.41) is 3.54. The first-order valence-electron chi connectivity index (χ1n) is 11.3. The van der Waals surface area contributed by atoms with Gasteiger partial charge in [-0.05, 0) is 53.9 Å². The molecule has 2 bridgehead atoms. The highest BCUT2D eigenvalue weighted by Crippen LogP contribution is 2.65. The molecule has 1 N–H and O–H groups in total. The SMILES string of the molecule is O=C(Nc1ccc(Cl)c(Cl)c1)[C@H](Cc1ccccc1)N1C(=O)[C@@H]2[C@H]3C=C[C@@H]([C@@H]4C[C@H]34)[C@H]2C1=O. The number of rotatable bonds is 5. The van der Waals surface area contributed by atoms with Crippen LogP contribution in [0.5, 0.6) is 0 Å². The Balaban J connectivity index is 1.33. The monoisotopic (exact) mass is 480 g/mol. The van der Waals surface area contributed by atoms with Crippen LogP contribution in [0.25, 0.3) is 0 Å². The van der Waals surface area contributed by atoms with Gasteiger partial charge in [-0.15, -0.1) is 0 Å². The molecule has 2 saturated carbocycles. The van der Waals surface area contributed by atoms with Gasteiger partial charge in [0.15, 0.2) is 0 Å². The highest BCUT2D eigenvalue weighted by atomic mass is 35.5. The van der Waals surface area contributed by atoms with Gasteiger partial charge < -0.3 is 5.32 Å². The first-order valence-corrected chi connectivity index (χ1v) is 12.0. The van der Waals surface area contributed by atoms with Crippen molar-refractivity contribution in [3.63, 3.8) is 0 Å². The third kappa shape index (κ3) is 3.32. The summed E-state index contributed by atoms with van der Waals surface area (Å²) < 4.78 is 0. The van der Waals surface area contributed by atoms with E-state index in [0.717, 1.165) is 12.0 Å². The zero-order chi connectivity index (χ0) is 22.9. The van der Waals surface area contributed by atoms with Gasteiger partial charge in [0, 0.05) is 12.1 Å². The number of carbonyl (C=O) groups is 3. The van der Waals surface area contributed by atoms with E-state index in [9.17, 15) is 14.4 Å². The van der Waals surface area contributed by atoms with Crippen LogP contribution in [0.2, 0.25) is 10.0 Å². The van der Waals surface area contributed by atoms with Crippen molar-refractivity contribution >= 4 is 46.6 Å². The van der Waals surface area contributed by atoms with Crippen molar-refractivity contribution in [1.82, 2.24) is 4.90 Å². The number of nitrogens with one attached hydrogen (secondary N) is 1. The molecule has 33 heavy (non-hydrogen) atoms. The topological polar surface area (TPSA) is 66.5 Å². The molecule has 7 rings (SSSR count). The number of anilines is 1. The highest BCUT2D eigenvalue weighted by Gasteiger charge is 2.67. The van der Waals surface area contributed by atoms with E-state index in [1.807, 2.05) is 30.3 Å². The van der Waals surface area contributed by atoms with Crippen molar-refractivity contribution in [3.8, 4) is 0 Å². The van der Waals surface area contributed by atoms with Gasteiger partial charge in [0.2, 0.25) is 17.7 Å². The lowest BCUT2D eigenvalue weighted by Gasteiger charge is -2.37. The zero-order valence-electron chi connectivity index (χ0n) is 17.7. The maximum atomic E-state index is 13.6. The Morgan fingerprint density at radius 3 is 2.18 bits per heavy atom. The number of nitrogens with zero attached hydrogens (tertiary/aromatic N) is 1. The standard InChI is InChI=1S/C26H22Cl2N2O3/c27-19-9-6-14(11-20(19)28)29-24(31)21(10-13-4-2-1-3-5-13)30-25(32)22-15-7-8-16(18-12-17(15)18)23(22)26(30)33/h1-9,11,15-18,21-23H,10,12H2,(H,29,31)/t15-,16-,17-,18+,21-,22+,23+/m0/s1. The van der Waals surface area contributed by atoms with Crippen LogP contribution in [-0.4, -0.2) is 28.7 Å². The Morgan fingerprint density at radius 2 is 1.58 bits per heavy atom. The van der Waals surface area contributed by atoms with Crippen molar-refractivity contribution in [1.29, 1.82) is 0 Å². The van der Waals surface area contributed by atoms with E-state index in [1.165, 1.54) is 4.90 Å². The van der Waals surface area contributed by atoms with Crippen molar-refractivity contribution < 1.29 is 14.4 Å². The molecule has 2 aromatic carbocycles. The number of allylic oxidation sites excluding steroid dienone is 2. The van der Waals surface area contributed by atoms with Crippen LogP contribution < -0.4 is 5.32 Å². The molecule has 0 unspecified atom stereocenters. The summed E-state index contributed by atoms with van der Waals surface area (Å²) in [6.07, 6.45) is 5.62. The second-order valence-electron chi connectivity index (χ2n) is 9.52. The molecule has 3 fully saturated rings. The lowest BCUT2D eigenvalue weighted by molar-refractivity contribution is -0.146. The molecule has 7 atom stereocenters. The van der Waals surface area contributed by atoms with Crippen LogP contribution in [0.15, 0.2) is 60.7 Å². The summed E-state index contributed by atoms with van der Waals surface area (Å²) in [6, 6.07) is 13.3. The van der Waals surface area contributed by atoms with Crippen LogP contribution in [-0.2, 0) is 20.8 Å². The largest absolute Gasteiger partial charge is 0.324 e. The van der Waals surface area contributed by atoms with Crippen molar-refractivity contribution in [2.45, 2.75) is 18.9 Å². The molecule has 1 aliphatic heterocycles. The molecule has 0 radical (unpaired) electrons. The normalized spacial score (nSPS) is 31.9. The van der Waals surface area contributed by atoms with Gasteiger partial charge in [0.05, 0.1) is 21.9 Å². The number of halogens is 2. The summed E-state index contributed by atoms with van der Waals surface area (Å²) in [4.78, 5) is 42.0. The fourth-order valence-corrected chi connectivity index (χ4v) is 6.52. The van der Waals surface area contributed by atoms with Gasteiger partial charge in [0.25, 0.3) is 0 Å². The summed E-state index contributed by atoms with van der Waals surface area (Å²) in [7, 11) is 0. The average Bonchev–Trinajstić information content (AvgIpc) is 3.59. The molecule has 168 valence electrons. The minimum absolute atomic E-state index is 0.113. The van der Waals surface area contributed by atoms with Crippen LogP contribution in [0, 0.1) is 35.5 Å². The number of carbonyl (C=O) groups excluding carboxylic acids is 3. The van der Waals surface area contributed by atoms with E-state index in [0.29, 0.717) is 27.6 Å². The minimum atomic E-state index is -0.941. The molecule has 2 aromatic rings. The van der Waals surface area contributed by atoms with Gasteiger partial charge in [-0.2, -0.15) is 0 Å². The van der Waals surface area contributed by atoms with Gasteiger partial charge in [-0.1, -0.05) is 65.7 Å². The predicted octanol–water partition coefficient (Wildman–Crippen LogP) is 4.60. The summed E-state index contributed by atoms with van der Waals surface area (Å²) in [5.41, 5.74) is 1.35. The van der Waals surface area contributed by atoms with E-state index < -0.39 is 11.9 Å². The molecule has 1 saturated heterocycles. The number of hydrogen-bond acceptors (Lipinski definition) is 3. The lowest BCUT2D eigenvalue weighted by Crippen LogP contribution is -2.49. The Kier molecular flexibility index (Phi) is 4.89. The fraction of sp³-hybridized carbons (Fsp3) is 0.346. The van der Waals surface area contributed by atoms with E-state index in [4.69, 9.17) is 23.2 Å². The number of hydrogen-bond donors (Lipinski definition) is 1. The van der Waals surface area contributed by atoms with Gasteiger partial charge in [-0.25, -0.2) is 0 Å². The molecule has 3 amide bonds. The number of likely N-dealkylation sites (tertiary alicyclic amines) is 1. The van der Waals surface area contributed by atoms with Gasteiger partial charge in [0.1, 0.15) is 6.04 Å². The van der Waals surface area contributed by atoms with Gasteiger partial charge in [-0.3, -0.25) is 19.3 Å². The second-order valence-corrected chi connectivity index (χ2v) is 10.3. The molecule has 0 aromatic heterocycles. The maximum Gasteiger partial charge on any atom is 0.248 e. The third-order valence-corrected chi connectivity index (χ3v) is 8.51. The minimum Gasteiger partial charge on any atom is -0.324 e. The Hall–Kier alpha value is -2.63. The van der Waals surface area contributed by atoms with Crippen LogP contribution in [0.1, 0.15) is 12.0 Å². The zero-order valence-corrected chi connectivity index (χ0v) is 19.2. The molecule has 5 aliphatic rings. The van der Waals surface area contributed by atoms with Gasteiger partial charge >= 0.3 is 0 Å². The molecular weight excluding hydrogens is 459 g/mol.